The van der Waals surface area contributed by atoms with Crippen LogP contribution in [-0.2, 0) is 51.3 Å². The maximum absolute atomic E-state index is 12.8. The second-order valence-electron chi connectivity index (χ2n) is 15.4. The number of fused-ring (bicyclic) bond motifs is 2. The Morgan fingerprint density at radius 2 is 0.958 bits per heavy atom. The Balaban J connectivity index is 0.863. The van der Waals surface area contributed by atoms with Crippen LogP contribution in [0.25, 0.3) is 22.3 Å². The maximum atomic E-state index is 12.8. The molecule has 6 rings (SSSR count). The Bertz CT molecular complexity index is 3180. The lowest BCUT2D eigenvalue weighted by Crippen LogP contribution is -2.41. The number of anilines is 4. The van der Waals surface area contributed by atoms with Crippen LogP contribution in [0.4, 0.5) is 23.3 Å². The number of carbonyl (C=O) groups excluding carboxylic acids is 6. The SMILES string of the molecule is Nc1nc(=O)c2nc(CNc3ccc(C(=O)N[C@@H](CCC(=O)OC(=O)CC[C@H](N)C(=O)OC(=O)CC[C@H](NC(=O)c4ccc(NCc5cnc6[nH]c(N)nc(=O)c6n5)cc4)C(=O)O)C(=O)O)cc3)cnc2[nH]1. The predicted octanol–water partition coefficient (Wildman–Crippen LogP) is -0.998. The van der Waals surface area contributed by atoms with Gasteiger partial charge in [0, 0.05) is 41.8 Å². The summed E-state index contributed by atoms with van der Waals surface area (Å²) in [6, 6.07) is 7.00. The van der Waals surface area contributed by atoms with E-state index < -0.39 is 115 Å². The zero-order valence-corrected chi connectivity index (χ0v) is 37.4. The number of carboxylic acids is 2. The van der Waals surface area contributed by atoms with E-state index in [0.29, 0.717) is 22.8 Å². The molecule has 0 fully saturated rings. The number of aromatic amines is 2. The van der Waals surface area contributed by atoms with Crippen LogP contribution in [-0.4, -0.2) is 116 Å². The number of aromatic nitrogens is 8. The number of hydrogen-bond donors (Lipinski definition) is 11. The number of nitrogens with two attached hydrogens (primary N) is 3. The third kappa shape index (κ3) is 14.4. The summed E-state index contributed by atoms with van der Waals surface area (Å²) in [4.78, 5) is 152. The number of carboxylic acid groups (broad SMARTS) is 2. The fourth-order valence-electron chi connectivity index (χ4n) is 6.37. The molecule has 0 aliphatic heterocycles. The lowest BCUT2D eigenvalue weighted by atomic mass is 10.1. The Morgan fingerprint density at radius 3 is 1.36 bits per heavy atom. The zero-order valence-electron chi connectivity index (χ0n) is 37.4. The van der Waals surface area contributed by atoms with Crippen molar-refractivity contribution in [2.24, 2.45) is 5.73 Å². The summed E-state index contributed by atoms with van der Waals surface area (Å²) in [6.45, 7) is 0.272. The number of ether oxygens (including phenoxy) is 2. The van der Waals surface area contributed by atoms with Gasteiger partial charge in [0.2, 0.25) is 11.9 Å². The third-order valence-corrected chi connectivity index (χ3v) is 10.1. The summed E-state index contributed by atoms with van der Waals surface area (Å²) in [5, 5.41) is 30.0. The van der Waals surface area contributed by atoms with Crippen LogP contribution in [0.3, 0.4) is 0 Å². The lowest BCUT2D eigenvalue weighted by Gasteiger charge is -2.15. The largest absolute Gasteiger partial charge is 0.480 e. The second kappa shape index (κ2) is 23.5. The summed E-state index contributed by atoms with van der Waals surface area (Å²) >= 11 is 0. The summed E-state index contributed by atoms with van der Waals surface area (Å²) in [7, 11) is 0. The number of rotatable bonds is 22. The van der Waals surface area contributed by atoms with E-state index in [0.717, 1.165) is 0 Å². The van der Waals surface area contributed by atoms with Gasteiger partial charge in [-0.15, -0.1) is 0 Å². The molecule has 0 saturated carbocycles. The monoisotopic (exact) mass is 993 g/mol. The highest BCUT2D eigenvalue weighted by Crippen LogP contribution is 2.15. The van der Waals surface area contributed by atoms with Crippen LogP contribution in [0.1, 0.15) is 70.6 Å². The van der Waals surface area contributed by atoms with Crippen LogP contribution >= 0.6 is 0 Å². The third-order valence-electron chi connectivity index (χ3n) is 10.1. The van der Waals surface area contributed by atoms with Gasteiger partial charge < -0.3 is 68.1 Å². The Labute approximate surface area is 402 Å². The zero-order chi connectivity index (χ0) is 52.1. The summed E-state index contributed by atoms with van der Waals surface area (Å²) in [6.07, 6.45) is -0.447. The van der Waals surface area contributed by atoms with Crippen molar-refractivity contribution in [2.45, 2.75) is 69.7 Å². The van der Waals surface area contributed by atoms with E-state index >= 15 is 0 Å². The first-order valence-corrected chi connectivity index (χ1v) is 21.3. The molecular formula is C43H43N15O14. The molecule has 72 heavy (non-hydrogen) atoms. The average Bonchev–Trinajstić information content (AvgIpc) is 3.34. The quantitative estimate of drug-likeness (QED) is 0.0287. The van der Waals surface area contributed by atoms with Gasteiger partial charge in [0.15, 0.2) is 22.3 Å². The van der Waals surface area contributed by atoms with E-state index in [2.05, 4.69) is 70.6 Å². The van der Waals surface area contributed by atoms with Crippen molar-refractivity contribution in [3.63, 3.8) is 0 Å². The Hall–Kier alpha value is -9.80. The van der Waals surface area contributed by atoms with E-state index in [1.807, 2.05) is 0 Å². The molecule has 374 valence electrons. The molecule has 0 unspecified atom stereocenters. The number of H-pyrrole nitrogens is 2. The number of amides is 2. The molecule has 6 aromatic rings. The molecule has 2 amide bonds. The number of nitrogen functional groups attached to an aromatic ring is 2. The Kier molecular flexibility index (Phi) is 16.8. The highest BCUT2D eigenvalue weighted by molar-refractivity contribution is 5.98. The van der Waals surface area contributed by atoms with Gasteiger partial charge in [-0.1, -0.05) is 0 Å². The Morgan fingerprint density at radius 1 is 0.569 bits per heavy atom. The van der Waals surface area contributed by atoms with Gasteiger partial charge in [-0.05, 0) is 67.8 Å². The summed E-state index contributed by atoms with van der Waals surface area (Å²) in [5.41, 5.74) is 17.8. The van der Waals surface area contributed by atoms with E-state index in [1.54, 1.807) is 0 Å². The van der Waals surface area contributed by atoms with Gasteiger partial charge in [-0.2, -0.15) is 9.97 Å². The van der Waals surface area contributed by atoms with Crippen LogP contribution in [0.5, 0.6) is 0 Å². The lowest BCUT2D eigenvalue weighted by molar-refractivity contribution is -0.160. The molecule has 4 heterocycles. The fraction of sp³-hybridized carbons (Fsp3) is 0.256. The fourth-order valence-corrected chi connectivity index (χ4v) is 6.37. The number of carbonyl (C=O) groups is 8. The van der Waals surface area contributed by atoms with Crippen LogP contribution in [0, 0.1) is 0 Å². The smallest absolute Gasteiger partial charge is 0.330 e. The van der Waals surface area contributed by atoms with Crippen molar-refractivity contribution in [3.05, 3.63) is 104 Å². The minimum atomic E-state index is -1.58. The number of nitrogens with zero attached hydrogens (tertiary/aromatic N) is 6. The van der Waals surface area contributed by atoms with Crippen molar-refractivity contribution in [1.82, 2.24) is 50.5 Å². The first kappa shape index (κ1) is 51.6. The molecule has 29 nitrogen and oxygen atoms in total. The van der Waals surface area contributed by atoms with Gasteiger partial charge in [-0.3, -0.25) is 33.6 Å². The molecular weight excluding hydrogens is 951 g/mol. The molecule has 0 radical (unpaired) electrons. The molecule has 14 N–H and O–H groups in total. The normalized spacial score (nSPS) is 12.2. The average molecular weight is 994 g/mol. The van der Waals surface area contributed by atoms with Gasteiger partial charge in [-0.25, -0.2) is 34.3 Å². The number of benzene rings is 2. The van der Waals surface area contributed by atoms with Crippen molar-refractivity contribution in [2.75, 3.05) is 22.1 Å². The first-order valence-electron chi connectivity index (χ1n) is 21.3. The molecule has 2 aromatic carbocycles. The number of nitrogens with one attached hydrogen (secondary N) is 6. The molecule has 0 aliphatic carbocycles. The van der Waals surface area contributed by atoms with Crippen molar-refractivity contribution in [3.8, 4) is 0 Å². The minimum Gasteiger partial charge on any atom is -0.480 e. The highest BCUT2D eigenvalue weighted by atomic mass is 16.6. The van der Waals surface area contributed by atoms with Gasteiger partial charge in [0.05, 0.1) is 36.9 Å². The molecule has 0 bridgehead atoms. The molecule has 0 aliphatic rings. The predicted molar refractivity (Wildman–Crippen MR) is 248 cm³/mol. The van der Waals surface area contributed by atoms with E-state index in [1.165, 1.54) is 60.9 Å². The van der Waals surface area contributed by atoms with Gasteiger partial charge in [0.25, 0.3) is 11.8 Å². The molecule has 4 aromatic heterocycles. The topological polar surface area (TPSA) is 465 Å². The van der Waals surface area contributed by atoms with E-state index in [9.17, 15) is 58.2 Å². The van der Waals surface area contributed by atoms with Gasteiger partial charge in [0.1, 0.15) is 18.1 Å². The van der Waals surface area contributed by atoms with E-state index in [4.69, 9.17) is 17.2 Å². The molecule has 29 heteroatoms. The number of hydrogen-bond acceptors (Lipinski definition) is 23. The van der Waals surface area contributed by atoms with Crippen molar-refractivity contribution >= 4 is 93.2 Å². The van der Waals surface area contributed by atoms with Crippen LogP contribution in [0.15, 0.2) is 70.5 Å². The molecule has 0 saturated heterocycles. The van der Waals surface area contributed by atoms with Crippen molar-refractivity contribution in [1.29, 1.82) is 0 Å². The number of aliphatic carboxylic acids is 2. The first-order chi connectivity index (χ1) is 34.3. The summed E-state index contributed by atoms with van der Waals surface area (Å²) < 4.78 is 9.34. The van der Waals surface area contributed by atoms with Crippen LogP contribution < -0.4 is 49.6 Å². The van der Waals surface area contributed by atoms with Gasteiger partial charge >= 0.3 is 46.9 Å². The van der Waals surface area contributed by atoms with Crippen molar-refractivity contribution < 1.29 is 58.0 Å². The second-order valence-corrected chi connectivity index (χ2v) is 15.4. The maximum Gasteiger partial charge on any atom is 0.330 e. The van der Waals surface area contributed by atoms with Crippen LogP contribution in [0.2, 0.25) is 0 Å². The summed E-state index contributed by atoms with van der Waals surface area (Å²) in [5.74, 6) is -9.52. The molecule has 0 spiro atoms. The minimum absolute atomic E-state index is 0.00679. The number of esters is 4. The van der Waals surface area contributed by atoms with E-state index in [-0.39, 0.29) is 58.4 Å². The standard InChI is InChI=1S/C43H43N15O14/c44-25(41(70)72-30(61)14-11-27(40(68)69)54-36(63)20-3-7-22(8-4-20)48-16-24-18-50-34-32(52-24)38(65)58-43(46)56-34)9-12-28(59)71-29(60)13-10-26(39(66)67)53-35(62)19-1-5-21(6-2-19)47-15-23-17-49-33-31(51-23)37(64)57-42(45)55-33/h1-8,17-18,25-27,47-48H,9-16,44H2,(H,53,62)(H,54,63)(H,66,67)(H,68,69)(H3,45,49,55,57,64)(H3,46,50,56,58,65)/t25-,26-,27-/m0/s1. The molecule has 3 atom stereocenters. The highest BCUT2D eigenvalue weighted by Gasteiger charge is 2.27.